The molecule has 0 aromatic heterocycles. The van der Waals surface area contributed by atoms with Crippen LogP contribution in [0.4, 0.5) is 0 Å². The van der Waals surface area contributed by atoms with Gasteiger partial charge in [0, 0.05) is 19.1 Å². The van der Waals surface area contributed by atoms with Crippen molar-refractivity contribution in [2.45, 2.75) is 24.4 Å². The van der Waals surface area contributed by atoms with Gasteiger partial charge in [-0.2, -0.15) is 0 Å². The number of aliphatic hydroxyl groups is 1. The van der Waals surface area contributed by atoms with Crippen molar-refractivity contribution in [2.24, 2.45) is 0 Å². The number of aliphatic carboxylic acids is 1. The van der Waals surface area contributed by atoms with Gasteiger partial charge in [0.1, 0.15) is 0 Å². The van der Waals surface area contributed by atoms with Crippen LogP contribution in [0, 0.1) is 0 Å². The minimum absolute atomic E-state index is 0.00371. The van der Waals surface area contributed by atoms with Gasteiger partial charge in [-0.05, 0) is 12.0 Å². The first-order chi connectivity index (χ1) is 9.13. The second kappa shape index (κ2) is 6.14. The van der Waals surface area contributed by atoms with Gasteiger partial charge in [-0.3, -0.25) is 4.79 Å². The molecule has 1 atom stereocenters. The van der Waals surface area contributed by atoms with Crippen LogP contribution in [0.2, 0.25) is 0 Å². The van der Waals surface area contributed by atoms with Crippen LogP contribution >= 0.6 is 0 Å². The van der Waals surface area contributed by atoms with Crippen molar-refractivity contribution in [3.8, 4) is 0 Å². The number of carboxylic acids is 1. The molecule has 4 N–H and O–H groups in total. The molecule has 5 nitrogen and oxygen atoms in total. The molecule has 1 fully saturated rings. The average Bonchev–Trinajstić information content (AvgIpc) is 2.35. The van der Waals surface area contributed by atoms with Crippen LogP contribution < -0.4 is 10.6 Å². The predicted octanol–water partition coefficient (Wildman–Crippen LogP) is -0.00370. The van der Waals surface area contributed by atoms with E-state index >= 15 is 0 Å². The summed E-state index contributed by atoms with van der Waals surface area (Å²) < 4.78 is 0. The zero-order valence-corrected chi connectivity index (χ0v) is 10.8. The molecule has 1 aliphatic heterocycles. The molecular formula is C14H20N2O3. The highest BCUT2D eigenvalue weighted by atomic mass is 16.4. The topological polar surface area (TPSA) is 81.6 Å². The van der Waals surface area contributed by atoms with Crippen molar-refractivity contribution in [2.75, 3.05) is 19.7 Å². The lowest BCUT2D eigenvalue weighted by molar-refractivity contribution is -0.139. The molecule has 0 spiro atoms. The Morgan fingerprint density at radius 3 is 2.53 bits per heavy atom. The first-order valence-corrected chi connectivity index (χ1v) is 6.48. The summed E-state index contributed by atoms with van der Waals surface area (Å²) in [6.07, 6.45) is 0.768. The van der Waals surface area contributed by atoms with Crippen molar-refractivity contribution in [1.82, 2.24) is 10.6 Å². The van der Waals surface area contributed by atoms with E-state index in [9.17, 15) is 9.90 Å². The average molecular weight is 264 g/mol. The standard InChI is InChI=1S/C14H20N2O3/c17-8-12(6-11-4-2-1-3-5-11)16-14(7-13(18)19)9-15-10-14/h1-5,12,15-17H,6-10H2,(H,18,19). The molecule has 1 saturated heterocycles. The van der Waals surface area contributed by atoms with Crippen LogP contribution in [0.25, 0.3) is 0 Å². The number of aliphatic hydroxyl groups excluding tert-OH is 1. The van der Waals surface area contributed by atoms with E-state index in [1.165, 1.54) is 0 Å². The molecule has 0 radical (unpaired) electrons. The lowest BCUT2D eigenvalue weighted by Crippen LogP contribution is -2.70. The van der Waals surface area contributed by atoms with Gasteiger partial charge in [0.05, 0.1) is 18.6 Å². The first-order valence-electron chi connectivity index (χ1n) is 6.48. The van der Waals surface area contributed by atoms with Gasteiger partial charge in [-0.25, -0.2) is 0 Å². The Labute approximate surface area is 112 Å². The van der Waals surface area contributed by atoms with E-state index in [1.54, 1.807) is 0 Å². The van der Waals surface area contributed by atoms with Crippen molar-refractivity contribution in [3.63, 3.8) is 0 Å². The second-order valence-corrected chi connectivity index (χ2v) is 5.17. The molecule has 0 saturated carbocycles. The second-order valence-electron chi connectivity index (χ2n) is 5.17. The van der Waals surface area contributed by atoms with Crippen LogP contribution in [0.3, 0.4) is 0 Å². The minimum atomic E-state index is -0.814. The van der Waals surface area contributed by atoms with Crippen LogP contribution in [0.5, 0.6) is 0 Å². The normalized spacial score (nSPS) is 18.6. The summed E-state index contributed by atoms with van der Waals surface area (Å²) in [5.41, 5.74) is 0.709. The van der Waals surface area contributed by atoms with Crippen LogP contribution in [-0.2, 0) is 11.2 Å². The summed E-state index contributed by atoms with van der Waals surface area (Å²) in [4.78, 5) is 10.9. The van der Waals surface area contributed by atoms with Crippen LogP contribution in [-0.4, -0.2) is 47.5 Å². The van der Waals surface area contributed by atoms with E-state index in [1.807, 2.05) is 30.3 Å². The van der Waals surface area contributed by atoms with Gasteiger partial charge in [0.15, 0.2) is 0 Å². The third-order valence-electron chi connectivity index (χ3n) is 3.47. The lowest BCUT2D eigenvalue weighted by Gasteiger charge is -2.44. The van der Waals surface area contributed by atoms with Crippen molar-refractivity contribution >= 4 is 5.97 Å². The number of rotatable bonds is 7. The predicted molar refractivity (Wildman–Crippen MR) is 72.0 cm³/mol. The Hall–Kier alpha value is -1.43. The molecule has 0 amide bonds. The fourth-order valence-electron chi connectivity index (χ4n) is 2.49. The summed E-state index contributed by atoms with van der Waals surface area (Å²) in [5.74, 6) is -0.814. The maximum absolute atomic E-state index is 10.9. The Morgan fingerprint density at radius 1 is 1.37 bits per heavy atom. The summed E-state index contributed by atoms with van der Waals surface area (Å²) in [5, 5.41) is 24.8. The third-order valence-corrected chi connectivity index (χ3v) is 3.47. The molecular weight excluding hydrogens is 244 g/mol. The van der Waals surface area contributed by atoms with Crippen molar-refractivity contribution in [3.05, 3.63) is 35.9 Å². The highest BCUT2D eigenvalue weighted by molar-refractivity contribution is 5.68. The fraction of sp³-hybridized carbons (Fsp3) is 0.500. The van der Waals surface area contributed by atoms with Crippen molar-refractivity contribution < 1.29 is 15.0 Å². The van der Waals surface area contributed by atoms with E-state index in [-0.39, 0.29) is 19.1 Å². The van der Waals surface area contributed by atoms with Crippen LogP contribution in [0.1, 0.15) is 12.0 Å². The van der Waals surface area contributed by atoms with E-state index in [2.05, 4.69) is 10.6 Å². The SMILES string of the molecule is O=C(O)CC1(NC(CO)Cc2ccccc2)CNC1. The van der Waals surface area contributed by atoms with Crippen LogP contribution in [0.15, 0.2) is 30.3 Å². The van der Waals surface area contributed by atoms with Gasteiger partial charge in [0.25, 0.3) is 0 Å². The summed E-state index contributed by atoms with van der Waals surface area (Å²) in [7, 11) is 0. The lowest BCUT2D eigenvalue weighted by atomic mass is 9.87. The van der Waals surface area contributed by atoms with E-state index in [0.717, 1.165) is 5.56 Å². The quantitative estimate of drug-likeness (QED) is 0.557. The molecule has 19 heavy (non-hydrogen) atoms. The summed E-state index contributed by atoms with van der Waals surface area (Å²) in [6, 6.07) is 9.76. The molecule has 1 aromatic carbocycles. The zero-order valence-electron chi connectivity index (χ0n) is 10.8. The van der Waals surface area contributed by atoms with Gasteiger partial charge in [-0.15, -0.1) is 0 Å². The van der Waals surface area contributed by atoms with Crippen molar-refractivity contribution in [1.29, 1.82) is 0 Å². The zero-order chi connectivity index (χ0) is 13.7. The molecule has 1 aromatic rings. The Balaban J connectivity index is 1.96. The molecule has 1 aliphatic rings. The minimum Gasteiger partial charge on any atom is -0.481 e. The largest absolute Gasteiger partial charge is 0.481 e. The fourth-order valence-corrected chi connectivity index (χ4v) is 2.49. The Morgan fingerprint density at radius 2 is 2.05 bits per heavy atom. The maximum atomic E-state index is 10.9. The number of carboxylic acid groups (broad SMARTS) is 1. The third kappa shape index (κ3) is 3.76. The number of hydrogen-bond donors (Lipinski definition) is 4. The molecule has 0 aliphatic carbocycles. The molecule has 5 heteroatoms. The van der Waals surface area contributed by atoms with Gasteiger partial charge < -0.3 is 20.8 Å². The van der Waals surface area contributed by atoms with E-state index < -0.39 is 11.5 Å². The summed E-state index contributed by atoms with van der Waals surface area (Å²) in [6.45, 7) is 1.26. The maximum Gasteiger partial charge on any atom is 0.305 e. The van der Waals surface area contributed by atoms with Gasteiger partial charge in [-0.1, -0.05) is 30.3 Å². The van der Waals surface area contributed by atoms with Gasteiger partial charge in [0.2, 0.25) is 0 Å². The number of carbonyl (C=O) groups is 1. The van der Waals surface area contributed by atoms with E-state index in [4.69, 9.17) is 5.11 Å². The smallest absolute Gasteiger partial charge is 0.305 e. The highest BCUT2D eigenvalue weighted by Gasteiger charge is 2.40. The monoisotopic (exact) mass is 264 g/mol. The number of hydrogen-bond acceptors (Lipinski definition) is 4. The Bertz CT molecular complexity index is 418. The molecule has 1 unspecified atom stereocenters. The highest BCUT2D eigenvalue weighted by Crippen LogP contribution is 2.18. The first kappa shape index (κ1) is 14.0. The summed E-state index contributed by atoms with van der Waals surface area (Å²) >= 11 is 0. The Kier molecular flexibility index (Phi) is 4.52. The molecule has 104 valence electrons. The van der Waals surface area contributed by atoms with E-state index in [0.29, 0.717) is 19.5 Å². The number of benzene rings is 1. The molecule has 1 heterocycles. The molecule has 0 bridgehead atoms. The van der Waals surface area contributed by atoms with Gasteiger partial charge >= 0.3 is 5.97 Å². The number of nitrogens with one attached hydrogen (secondary N) is 2. The molecule has 2 rings (SSSR count).